The molecule has 238 valence electrons. The van der Waals surface area contributed by atoms with Gasteiger partial charge in [-0.2, -0.15) is 5.10 Å². The van der Waals surface area contributed by atoms with Crippen LogP contribution in [0.5, 0.6) is 23.0 Å². The number of nitrogens with zero attached hydrogens (tertiary/aromatic N) is 4. The Labute approximate surface area is 263 Å². The first kappa shape index (κ1) is 31.8. The van der Waals surface area contributed by atoms with Gasteiger partial charge in [-0.15, -0.1) is 0 Å². The van der Waals surface area contributed by atoms with Crippen molar-refractivity contribution < 1.29 is 33.3 Å². The van der Waals surface area contributed by atoms with Crippen molar-refractivity contribution in [1.29, 1.82) is 0 Å². The molecule has 0 N–H and O–H groups in total. The highest BCUT2D eigenvalue weighted by Crippen LogP contribution is 2.37. The summed E-state index contributed by atoms with van der Waals surface area (Å²) in [6.07, 6.45) is 0.459. The molecule has 0 bridgehead atoms. The van der Waals surface area contributed by atoms with Crippen LogP contribution in [0.2, 0.25) is 0 Å². The molecule has 0 spiro atoms. The zero-order chi connectivity index (χ0) is 31.8. The lowest BCUT2D eigenvalue weighted by atomic mass is 9.97. The number of morpholine rings is 1. The monoisotopic (exact) mass is 616 g/mol. The molecular weight excluding hydrogens is 576 g/mol. The number of hydrazone groups is 1. The summed E-state index contributed by atoms with van der Waals surface area (Å²) in [5.41, 5.74) is 2.85. The lowest BCUT2D eigenvalue weighted by Gasteiger charge is -2.31. The van der Waals surface area contributed by atoms with Crippen LogP contribution in [0.25, 0.3) is 0 Å². The predicted molar refractivity (Wildman–Crippen MR) is 169 cm³/mol. The number of methoxy groups -OCH3 is 4. The molecule has 0 aliphatic carbocycles. The van der Waals surface area contributed by atoms with Gasteiger partial charge in [-0.05, 0) is 54.1 Å². The van der Waals surface area contributed by atoms with Crippen molar-refractivity contribution in [2.75, 3.05) is 74.4 Å². The summed E-state index contributed by atoms with van der Waals surface area (Å²) in [6, 6.07) is 19.7. The Morgan fingerprint density at radius 2 is 1.47 bits per heavy atom. The summed E-state index contributed by atoms with van der Waals surface area (Å²) in [6.45, 7) is 3.71. The average Bonchev–Trinajstić information content (AvgIpc) is 3.55. The first-order chi connectivity index (χ1) is 21.9. The Bertz CT molecular complexity index is 1490. The first-order valence-corrected chi connectivity index (χ1v) is 14.9. The van der Waals surface area contributed by atoms with Crippen molar-refractivity contribution in [2.45, 2.75) is 12.5 Å². The Morgan fingerprint density at radius 1 is 0.844 bits per heavy atom. The number of benzene rings is 3. The fourth-order valence-electron chi connectivity index (χ4n) is 5.52. The van der Waals surface area contributed by atoms with Gasteiger partial charge in [0, 0.05) is 49.8 Å². The Morgan fingerprint density at radius 3 is 2.09 bits per heavy atom. The third kappa shape index (κ3) is 7.55. The van der Waals surface area contributed by atoms with Gasteiger partial charge >= 0.3 is 0 Å². The van der Waals surface area contributed by atoms with Crippen LogP contribution >= 0.6 is 0 Å². The Balaban J connectivity index is 1.44. The van der Waals surface area contributed by atoms with Crippen molar-refractivity contribution in [1.82, 2.24) is 14.8 Å². The van der Waals surface area contributed by atoms with Crippen LogP contribution in [0.3, 0.4) is 0 Å². The average molecular weight is 617 g/mol. The van der Waals surface area contributed by atoms with E-state index in [0.29, 0.717) is 67.0 Å². The maximum atomic E-state index is 14.2. The maximum Gasteiger partial charge on any atom is 0.262 e. The maximum absolute atomic E-state index is 14.2. The molecule has 1 fully saturated rings. The van der Waals surface area contributed by atoms with Gasteiger partial charge in [0.05, 0.1) is 53.4 Å². The van der Waals surface area contributed by atoms with E-state index in [0.717, 1.165) is 24.2 Å². The van der Waals surface area contributed by atoms with Crippen LogP contribution in [0.1, 0.15) is 33.9 Å². The van der Waals surface area contributed by atoms with Crippen molar-refractivity contribution in [3.63, 3.8) is 0 Å². The minimum Gasteiger partial charge on any atom is -0.497 e. The third-order valence-electron chi connectivity index (χ3n) is 8.13. The van der Waals surface area contributed by atoms with Crippen LogP contribution in [0, 0.1) is 0 Å². The molecule has 5 rings (SSSR count). The number of hydrogen-bond acceptors (Lipinski definition) is 9. The summed E-state index contributed by atoms with van der Waals surface area (Å²) in [7, 11) is 6.38. The number of amides is 2. The van der Waals surface area contributed by atoms with Gasteiger partial charge in [-0.25, -0.2) is 5.01 Å². The molecule has 2 heterocycles. The van der Waals surface area contributed by atoms with Gasteiger partial charge < -0.3 is 28.6 Å². The number of hydrogen-bond donors (Lipinski definition) is 0. The predicted octanol–water partition coefficient (Wildman–Crippen LogP) is 3.87. The molecule has 45 heavy (non-hydrogen) atoms. The van der Waals surface area contributed by atoms with Crippen LogP contribution in [-0.2, 0) is 9.53 Å². The molecule has 11 nitrogen and oxygen atoms in total. The second kappa shape index (κ2) is 14.9. The molecule has 0 radical (unpaired) electrons. The highest BCUT2D eigenvalue weighted by molar-refractivity contribution is 6.05. The van der Waals surface area contributed by atoms with E-state index in [2.05, 4.69) is 4.90 Å². The number of carbonyl (C=O) groups is 2. The molecule has 0 unspecified atom stereocenters. The summed E-state index contributed by atoms with van der Waals surface area (Å²) in [4.78, 5) is 31.8. The number of rotatable bonds is 12. The van der Waals surface area contributed by atoms with Gasteiger partial charge in [0.15, 0.2) is 0 Å². The highest BCUT2D eigenvalue weighted by Gasteiger charge is 2.35. The van der Waals surface area contributed by atoms with E-state index in [1.807, 2.05) is 36.4 Å². The van der Waals surface area contributed by atoms with E-state index in [-0.39, 0.29) is 24.4 Å². The lowest BCUT2D eigenvalue weighted by Crippen LogP contribution is -2.46. The minimum atomic E-state index is -0.387. The Kier molecular flexibility index (Phi) is 10.5. The highest BCUT2D eigenvalue weighted by atomic mass is 16.5. The van der Waals surface area contributed by atoms with Crippen molar-refractivity contribution in [3.8, 4) is 23.0 Å². The summed E-state index contributed by atoms with van der Waals surface area (Å²) >= 11 is 0. The first-order valence-electron chi connectivity index (χ1n) is 14.9. The van der Waals surface area contributed by atoms with Gasteiger partial charge in [0.1, 0.15) is 29.5 Å². The molecule has 3 aromatic rings. The van der Waals surface area contributed by atoms with Crippen LogP contribution in [0.15, 0.2) is 71.8 Å². The fourth-order valence-corrected chi connectivity index (χ4v) is 5.52. The van der Waals surface area contributed by atoms with Gasteiger partial charge in [0.2, 0.25) is 0 Å². The second-order valence-corrected chi connectivity index (χ2v) is 10.8. The number of carbonyl (C=O) groups excluding carboxylic acids is 2. The summed E-state index contributed by atoms with van der Waals surface area (Å²) in [5, 5.41) is 6.35. The van der Waals surface area contributed by atoms with E-state index in [4.69, 9.17) is 28.8 Å². The van der Waals surface area contributed by atoms with Crippen LogP contribution in [0.4, 0.5) is 0 Å². The molecule has 0 saturated carbocycles. The lowest BCUT2D eigenvalue weighted by molar-refractivity contribution is -0.133. The van der Waals surface area contributed by atoms with Gasteiger partial charge in [-0.3, -0.25) is 14.5 Å². The summed E-state index contributed by atoms with van der Waals surface area (Å²) in [5.74, 6) is 2.09. The smallest absolute Gasteiger partial charge is 0.262 e. The molecule has 2 aliphatic rings. The topological polar surface area (TPSA) is 102 Å². The van der Waals surface area contributed by atoms with Crippen LogP contribution in [-0.4, -0.2) is 107 Å². The van der Waals surface area contributed by atoms with E-state index in [1.54, 1.807) is 63.7 Å². The zero-order valence-corrected chi connectivity index (χ0v) is 26.2. The van der Waals surface area contributed by atoms with Crippen molar-refractivity contribution >= 4 is 17.5 Å². The molecule has 1 saturated heterocycles. The van der Waals surface area contributed by atoms with E-state index >= 15 is 0 Å². The molecular formula is C34H40N4O7. The molecule has 11 heteroatoms. The molecule has 0 aromatic heterocycles. The minimum absolute atomic E-state index is 0.140. The third-order valence-corrected chi connectivity index (χ3v) is 8.13. The second-order valence-electron chi connectivity index (χ2n) is 10.8. The van der Waals surface area contributed by atoms with E-state index < -0.39 is 0 Å². The molecule has 3 aromatic carbocycles. The normalized spacial score (nSPS) is 16.6. The van der Waals surface area contributed by atoms with E-state index in [9.17, 15) is 9.59 Å². The standard InChI is InChI=1S/C34H40N4O7/c1-41-26-9-5-24(6-10-26)31-22-30(29-14-13-28(43-3)21-32(29)44-4)35-38(31)33(39)23-37(16-15-36-17-19-45-20-18-36)34(40)25-7-11-27(42-2)12-8-25/h5-14,21,31H,15-20,22-23H2,1-4H3/t31-/m0/s1. The van der Waals surface area contributed by atoms with Gasteiger partial charge in [-0.1, -0.05) is 12.1 Å². The molecule has 1 atom stereocenters. The van der Waals surface area contributed by atoms with Crippen molar-refractivity contribution in [2.24, 2.45) is 5.10 Å². The van der Waals surface area contributed by atoms with Gasteiger partial charge in [0.25, 0.3) is 11.8 Å². The zero-order valence-electron chi connectivity index (χ0n) is 26.2. The number of ether oxygens (including phenoxy) is 5. The largest absolute Gasteiger partial charge is 0.497 e. The summed E-state index contributed by atoms with van der Waals surface area (Å²) < 4.78 is 27.2. The molecule has 2 amide bonds. The quantitative estimate of drug-likeness (QED) is 0.302. The fraction of sp³-hybridized carbons (Fsp3) is 0.382. The van der Waals surface area contributed by atoms with Crippen LogP contribution < -0.4 is 18.9 Å². The Hall–Kier alpha value is -4.61. The molecule has 2 aliphatic heterocycles. The SMILES string of the molecule is COc1ccc(C(=O)N(CCN2CCOCC2)CC(=O)N2N=C(c3ccc(OC)cc3OC)C[C@H]2c2ccc(OC)cc2)cc1. The van der Waals surface area contributed by atoms with Crippen molar-refractivity contribution in [3.05, 3.63) is 83.4 Å². The van der Waals surface area contributed by atoms with E-state index in [1.165, 1.54) is 5.01 Å².